The van der Waals surface area contributed by atoms with Crippen molar-refractivity contribution in [3.63, 3.8) is 0 Å². The molecule has 2 aromatic heterocycles. The lowest BCUT2D eigenvalue weighted by Gasteiger charge is -2.07. The molecule has 25 heavy (non-hydrogen) atoms. The summed E-state index contributed by atoms with van der Waals surface area (Å²) in [6, 6.07) is 9.83. The van der Waals surface area contributed by atoms with Crippen LogP contribution in [0.15, 0.2) is 36.5 Å². The molecule has 126 valence electrons. The van der Waals surface area contributed by atoms with E-state index in [9.17, 15) is 8.78 Å². The molecule has 0 aliphatic carbocycles. The van der Waals surface area contributed by atoms with Gasteiger partial charge in [-0.05, 0) is 43.2 Å². The molecule has 0 atom stereocenters. The Hall–Kier alpha value is -2.67. The topological polar surface area (TPSA) is 47.9 Å². The first-order chi connectivity index (χ1) is 12.0. The number of para-hydroxylation sites is 1. The largest absolute Gasteiger partial charge is 0.415 e. The maximum absolute atomic E-state index is 12.4. The first kappa shape index (κ1) is 15.8. The van der Waals surface area contributed by atoms with Gasteiger partial charge in [0.25, 0.3) is 0 Å². The van der Waals surface area contributed by atoms with Gasteiger partial charge in [0.1, 0.15) is 5.01 Å². The lowest BCUT2D eigenvalue weighted by atomic mass is 10.1. The smallest absolute Gasteiger partial charge is 0.388 e. The minimum atomic E-state index is -2.93. The highest BCUT2D eigenvalue weighted by Crippen LogP contribution is 2.35. The van der Waals surface area contributed by atoms with E-state index >= 15 is 0 Å². The van der Waals surface area contributed by atoms with Gasteiger partial charge >= 0.3 is 6.61 Å². The monoisotopic (exact) mass is 357 g/mol. The number of rotatable bonds is 3. The minimum absolute atomic E-state index is 0.195. The number of benzene rings is 2. The van der Waals surface area contributed by atoms with Crippen LogP contribution < -0.4 is 4.74 Å². The quantitative estimate of drug-likeness (QED) is 0.510. The van der Waals surface area contributed by atoms with Crippen molar-refractivity contribution in [2.24, 2.45) is 0 Å². The van der Waals surface area contributed by atoms with E-state index in [4.69, 9.17) is 4.98 Å². The summed E-state index contributed by atoms with van der Waals surface area (Å²) in [6.07, 6.45) is 1.21. The maximum Gasteiger partial charge on any atom is 0.388 e. The number of aryl methyl sites for hydroxylation is 2. The van der Waals surface area contributed by atoms with E-state index in [2.05, 4.69) is 14.7 Å². The molecule has 4 rings (SSSR count). The number of nitrogens with zero attached hydrogens (tertiary/aromatic N) is 3. The Kier molecular flexibility index (Phi) is 3.80. The second-order valence-corrected chi connectivity index (χ2v) is 6.74. The molecule has 2 aromatic carbocycles. The first-order valence-electron chi connectivity index (χ1n) is 7.60. The average Bonchev–Trinajstić information content (AvgIpc) is 2.98. The molecule has 0 aliphatic rings. The van der Waals surface area contributed by atoms with Crippen molar-refractivity contribution in [3.05, 3.63) is 47.7 Å². The zero-order valence-corrected chi connectivity index (χ0v) is 14.3. The third-order valence-electron chi connectivity index (χ3n) is 3.83. The number of aromatic nitrogens is 3. The zero-order valence-electron chi connectivity index (χ0n) is 13.5. The van der Waals surface area contributed by atoms with Gasteiger partial charge in [-0.25, -0.2) is 15.0 Å². The molecule has 0 aliphatic heterocycles. The summed E-state index contributed by atoms with van der Waals surface area (Å²) in [5.74, 6) is -0.195. The Labute approximate surface area is 146 Å². The molecule has 7 heteroatoms. The van der Waals surface area contributed by atoms with E-state index in [0.29, 0.717) is 11.0 Å². The van der Waals surface area contributed by atoms with E-state index < -0.39 is 6.61 Å². The van der Waals surface area contributed by atoms with Crippen LogP contribution in [-0.2, 0) is 0 Å². The third-order valence-corrected chi connectivity index (χ3v) is 4.88. The standard InChI is InChI=1S/C18H13F2N3OS/c1-9-6-11(17-23-15-10(2)4-3-5-13(15)25-17)16-12(7-9)22-14(8-21-16)24-18(19)20/h3-8,18H,1-2H3. The normalized spacial score (nSPS) is 11.6. The molecule has 4 nitrogen and oxygen atoms in total. The molecular formula is C18H13F2N3OS. The maximum atomic E-state index is 12.4. The third kappa shape index (κ3) is 2.91. The van der Waals surface area contributed by atoms with Crippen molar-refractivity contribution in [1.29, 1.82) is 0 Å². The lowest BCUT2D eigenvalue weighted by Crippen LogP contribution is -2.04. The summed E-state index contributed by atoms with van der Waals surface area (Å²) in [4.78, 5) is 13.2. The Morgan fingerprint density at radius 1 is 1.08 bits per heavy atom. The number of ether oxygens (including phenoxy) is 1. The molecule has 0 bridgehead atoms. The predicted octanol–water partition coefficient (Wildman–Crippen LogP) is 5.12. The molecule has 2 heterocycles. The second kappa shape index (κ2) is 6.00. The molecule has 0 fully saturated rings. The Balaban J connectivity index is 1.92. The van der Waals surface area contributed by atoms with E-state index in [1.165, 1.54) is 6.20 Å². The molecule has 0 saturated carbocycles. The van der Waals surface area contributed by atoms with Crippen LogP contribution in [0.1, 0.15) is 11.1 Å². The fourth-order valence-electron chi connectivity index (χ4n) is 2.76. The average molecular weight is 357 g/mol. The minimum Gasteiger partial charge on any atom is -0.415 e. The van der Waals surface area contributed by atoms with E-state index in [1.54, 1.807) is 17.4 Å². The fourth-order valence-corrected chi connectivity index (χ4v) is 3.82. The van der Waals surface area contributed by atoms with Gasteiger partial charge in [0.15, 0.2) is 0 Å². The van der Waals surface area contributed by atoms with Crippen molar-refractivity contribution in [3.8, 4) is 16.5 Å². The van der Waals surface area contributed by atoms with Crippen LogP contribution in [0.2, 0.25) is 0 Å². The predicted molar refractivity (Wildman–Crippen MR) is 94.3 cm³/mol. The number of alkyl halides is 2. The number of hydrogen-bond donors (Lipinski definition) is 0. The van der Waals surface area contributed by atoms with Crippen LogP contribution in [0.25, 0.3) is 31.8 Å². The van der Waals surface area contributed by atoms with Gasteiger partial charge in [-0.3, -0.25) is 0 Å². The summed E-state index contributed by atoms with van der Waals surface area (Å²) < 4.78 is 30.2. The molecule has 0 amide bonds. The highest BCUT2D eigenvalue weighted by Gasteiger charge is 2.15. The number of halogens is 2. The van der Waals surface area contributed by atoms with Crippen molar-refractivity contribution in [1.82, 2.24) is 15.0 Å². The van der Waals surface area contributed by atoms with Crippen LogP contribution in [0.5, 0.6) is 5.88 Å². The highest BCUT2D eigenvalue weighted by molar-refractivity contribution is 7.21. The van der Waals surface area contributed by atoms with E-state index in [-0.39, 0.29) is 5.88 Å². The van der Waals surface area contributed by atoms with Crippen molar-refractivity contribution in [2.75, 3.05) is 0 Å². The van der Waals surface area contributed by atoms with Crippen LogP contribution in [0.4, 0.5) is 8.78 Å². The number of hydrogen-bond acceptors (Lipinski definition) is 5. The Bertz CT molecular complexity index is 1090. The van der Waals surface area contributed by atoms with Gasteiger partial charge in [0.05, 0.1) is 27.4 Å². The van der Waals surface area contributed by atoms with Crippen LogP contribution in [0, 0.1) is 13.8 Å². The zero-order chi connectivity index (χ0) is 17.6. The molecule has 0 radical (unpaired) electrons. The van der Waals surface area contributed by atoms with Gasteiger partial charge in [0.2, 0.25) is 5.88 Å². The fraction of sp³-hybridized carbons (Fsp3) is 0.167. The van der Waals surface area contributed by atoms with Gasteiger partial charge in [-0.1, -0.05) is 12.1 Å². The summed E-state index contributed by atoms with van der Waals surface area (Å²) in [6.45, 7) is 1.01. The summed E-state index contributed by atoms with van der Waals surface area (Å²) in [7, 11) is 0. The summed E-state index contributed by atoms with van der Waals surface area (Å²) in [5.41, 5.74) is 4.97. The van der Waals surface area contributed by atoms with Crippen molar-refractivity contribution in [2.45, 2.75) is 20.5 Å². The second-order valence-electron chi connectivity index (χ2n) is 5.71. The van der Waals surface area contributed by atoms with Gasteiger partial charge in [-0.15, -0.1) is 11.3 Å². The van der Waals surface area contributed by atoms with Crippen molar-refractivity contribution < 1.29 is 13.5 Å². The van der Waals surface area contributed by atoms with Crippen LogP contribution in [-0.4, -0.2) is 21.6 Å². The number of fused-ring (bicyclic) bond motifs is 2. The first-order valence-corrected chi connectivity index (χ1v) is 8.41. The number of thiazole rings is 1. The molecular weight excluding hydrogens is 344 g/mol. The van der Waals surface area contributed by atoms with Crippen LogP contribution >= 0.6 is 11.3 Å². The summed E-state index contributed by atoms with van der Waals surface area (Å²) >= 11 is 1.57. The van der Waals surface area contributed by atoms with Crippen LogP contribution in [0.3, 0.4) is 0 Å². The lowest BCUT2D eigenvalue weighted by molar-refractivity contribution is -0.0528. The highest BCUT2D eigenvalue weighted by atomic mass is 32.1. The van der Waals surface area contributed by atoms with E-state index in [0.717, 1.165) is 31.9 Å². The summed E-state index contributed by atoms with van der Waals surface area (Å²) in [5, 5.41) is 0.829. The molecule has 0 unspecified atom stereocenters. The van der Waals surface area contributed by atoms with Gasteiger partial charge in [0, 0.05) is 5.56 Å². The molecule has 0 N–H and O–H groups in total. The Morgan fingerprint density at radius 2 is 1.92 bits per heavy atom. The van der Waals surface area contributed by atoms with Gasteiger partial charge in [-0.2, -0.15) is 8.78 Å². The SMILES string of the molecule is Cc1cc(-c2nc3c(C)cccc3s2)c2ncc(OC(F)F)nc2c1. The van der Waals surface area contributed by atoms with Crippen molar-refractivity contribution >= 4 is 32.6 Å². The molecule has 0 spiro atoms. The molecule has 4 aromatic rings. The van der Waals surface area contributed by atoms with E-state index in [1.807, 2.05) is 38.1 Å². The Morgan fingerprint density at radius 3 is 2.68 bits per heavy atom. The van der Waals surface area contributed by atoms with Gasteiger partial charge < -0.3 is 4.74 Å². The molecule has 0 saturated heterocycles.